The Hall–Kier alpha value is -2.43. The molecule has 0 saturated carbocycles. The molecule has 0 aliphatic heterocycles. The minimum atomic E-state index is -1.05. The number of hydrogen-bond donors (Lipinski definition) is 2. The van der Waals surface area contributed by atoms with Crippen LogP contribution in [0.15, 0.2) is 42.5 Å². The van der Waals surface area contributed by atoms with Crippen LogP contribution in [0.2, 0.25) is 0 Å². The molecule has 2 rings (SSSR count). The number of amides is 1. The Kier molecular flexibility index (Phi) is 4.52. The highest BCUT2D eigenvalue weighted by atomic mass is 19.2. The third-order valence-electron chi connectivity index (χ3n) is 3.22. The fourth-order valence-electron chi connectivity index (χ4n) is 2.02. The van der Waals surface area contributed by atoms with Gasteiger partial charge in [-0.2, -0.15) is 0 Å². The molecular formula is C16H16F2N2O. The Morgan fingerprint density at radius 2 is 1.86 bits per heavy atom. The average molecular weight is 290 g/mol. The summed E-state index contributed by atoms with van der Waals surface area (Å²) in [5, 5.41) is 2.38. The van der Waals surface area contributed by atoms with E-state index < -0.39 is 11.6 Å². The minimum absolute atomic E-state index is 0.0535. The summed E-state index contributed by atoms with van der Waals surface area (Å²) in [5.74, 6) is -2.46. The van der Waals surface area contributed by atoms with Gasteiger partial charge in [0.25, 0.3) is 0 Å². The molecule has 0 aromatic heterocycles. The van der Waals surface area contributed by atoms with E-state index in [0.29, 0.717) is 5.69 Å². The smallest absolute Gasteiger partial charge is 0.225 e. The van der Waals surface area contributed by atoms with Crippen molar-refractivity contribution in [1.82, 2.24) is 0 Å². The van der Waals surface area contributed by atoms with Gasteiger partial charge in [-0.3, -0.25) is 4.79 Å². The molecule has 0 spiro atoms. The molecule has 3 nitrogen and oxygen atoms in total. The number of carbonyl (C=O) groups is 1. The van der Waals surface area contributed by atoms with Crippen LogP contribution in [0, 0.1) is 11.6 Å². The van der Waals surface area contributed by atoms with Gasteiger partial charge >= 0.3 is 0 Å². The standard InChI is InChI=1S/C16H16F2N2O/c1-10(11-5-7-12(19)8-6-11)9-15(21)20-14-4-2-3-13(17)16(14)18/h2-8,10H,9,19H2,1H3,(H,20,21). The zero-order valence-corrected chi connectivity index (χ0v) is 11.6. The summed E-state index contributed by atoms with van der Waals surface area (Å²) >= 11 is 0. The molecule has 0 saturated heterocycles. The summed E-state index contributed by atoms with van der Waals surface area (Å²) in [6.07, 6.45) is 0.167. The molecule has 0 heterocycles. The maximum absolute atomic E-state index is 13.5. The Balaban J connectivity index is 2.01. The fraction of sp³-hybridized carbons (Fsp3) is 0.188. The van der Waals surface area contributed by atoms with Gasteiger partial charge in [0, 0.05) is 12.1 Å². The first-order valence-corrected chi connectivity index (χ1v) is 6.56. The lowest BCUT2D eigenvalue weighted by Crippen LogP contribution is -2.15. The topological polar surface area (TPSA) is 55.1 Å². The highest BCUT2D eigenvalue weighted by Gasteiger charge is 2.14. The molecule has 1 amide bonds. The number of nitrogens with one attached hydrogen (secondary N) is 1. The van der Waals surface area contributed by atoms with Crippen molar-refractivity contribution in [3.8, 4) is 0 Å². The third kappa shape index (κ3) is 3.78. The number of nitrogens with two attached hydrogens (primary N) is 1. The van der Waals surface area contributed by atoms with Crippen LogP contribution < -0.4 is 11.1 Å². The predicted molar refractivity (Wildman–Crippen MR) is 78.9 cm³/mol. The number of rotatable bonds is 4. The molecule has 1 atom stereocenters. The first kappa shape index (κ1) is 15.0. The van der Waals surface area contributed by atoms with Crippen LogP contribution in [0.3, 0.4) is 0 Å². The van der Waals surface area contributed by atoms with Crippen molar-refractivity contribution < 1.29 is 13.6 Å². The van der Waals surface area contributed by atoms with E-state index in [1.54, 1.807) is 12.1 Å². The second kappa shape index (κ2) is 6.35. The van der Waals surface area contributed by atoms with E-state index in [2.05, 4.69) is 5.32 Å². The Morgan fingerprint density at radius 3 is 2.52 bits per heavy atom. The maximum atomic E-state index is 13.5. The summed E-state index contributed by atoms with van der Waals surface area (Å²) in [6.45, 7) is 1.88. The summed E-state index contributed by atoms with van der Waals surface area (Å²) in [7, 11) is 0. The highest BCUT2D eigenvalue weighted by molar-refractivity contribution is 5.91. The van der Waals surface area contributed by atoms with Gasteiger partial charge in [0.15, 0.2) is 11.6 Å². The largest absolute Gasteiger partial charge is 0.399 e. The Morgan fingerprint density at radius 1 is 1.19 bits per heavy atom. The fourth-order valence-corrected chi connectivity index (χ4v) is 2.02. The number of nitrogen functional groups attached to an aromatic ring is 1. The van der Waals surface area contributed by atoms with Gasteiger partial charge in [-0.25, -0.2) is 8.78 Å². The number of benzene rings is 2. The van der Waals surface area contributed by atoms with Crippen LogP contribution in [0.25, 0.3) is 0 Å². The number of hydrogen-bond acceptors (Lipinski definition) is 2. The lowest BCUT2D eigenvalue weighted by Gasteiger charge is -2.13. The molecule has 110 valence electrons. The van der Waals surface area contributed by atoms with E-state index >= 15 is 0 Å². The van der Waals surface area contributed by atoms with E-state index in [4.69, 9.17) is 5.73 Å². The van der Waals surface area contributed by atoms with Crippen molar-refractivity contribution in [3.05, 3.63) is 59.7 Å². The number of anilines is 2. The molecule has 0 bridgehead atoms. The van der Waals surface area contributed by atoms with Crippen LogP contribution in [-0.4, -0.2) is 5.91 Å². The number of carbonyl (C=O) groups excluding carboxylic acids is 1. The zero-order chi connectivity index (χ0) is 15.4. The van der Waals surface area contributed by atoms with Gasteiger partial charge in [0.1, 0.15) is 0 Å². The third-order valence-corrected chi connectivity index (χ3v) is 3.22. The molecule has 5 heteroatoms. The van der Waals surface area contributed by atoms with Crippen LogP contribution in [-0.2, 0) is 4.79 Å². The van der Waals surface area contributed by atoms with Crippen LogP contribution in [0.1, 0.15) is 24.8 Å². The molecule has 0 radical (unpaired) electrons. The molecule has 3 N–H and O–H groups in total. The van der Waals surface area contributed by atoms with E-state index in [1.165, 1.54) is 12.1 Å². The average Bonchev–Trinajstić information content (AvgIpc) is 2.44. The Bertz CT molecular complexity index is 641. The van der Waals surface area contributed by atoms with E-state index in [-0.39, 0.29) is 23.9 Å². The van der Waals surface area contributed by atoms with Crippen molar-refractivity contribution in [2.75, 3.05) is 11.1 Å². The molecule has 2 aromatic carbocycles. The second-order valence-corrected chi connectivity index (χ2v) is 4.92. The van der Waals surface area contributed by atoms with Crippen LogP contribution >= 0.6 is 0 Å². The lowest BCUT2D eigenvalue weighted by atomic mass is 9.97. The SMILES string of the molecule is CC(CC(=O)Nc1cccc(F)c1F)c1ccc(N)cc1. The molecule has 0 aliphatic rings. The minimum Gasteiger partial charge on any atom is -0.399 e. The Labute approximate surface area is 121 Å². The first-order chi connectivity index (χ1) is 9.97. The summed E-state index contributed by atoms with van der Waals surface area (Å²) < 4.78 is 26.5. The molecular weight excluding hydrogens is 274 g/mol. The van der Waals surface area contributed by atoms with E-state index in [9.17, 15) is 13.6 Å². The first-order valence-electron chi connectivity index (χ1n) is 6.56. The summed E-state index contributed by atoms with van der Waals surface area (Å²) in [5.41, 5.74) is 7.06. The summed E-state index contributed by atoms with van der Waals surface area (Å²) in [4.78, 5) is 11.9. The van der Waals surface area contributed by atoms with Gasteiger partial charge in [-0.15, -0.1) is 0 Å². The van der Waals surface area contributed by atoms with Crippen molar-refractivity contribution in [3.63, 3.8) is 0 Å². The van der Waals surface area contributed by atoms with Gasteiger partial charge in [-0.1, -0.05) is 25.1 Å². The normalized spacial score (nSPS) is 12.0. The van der Waals surface area contributed by atoms with Crippen LogP contribution in [0.5, 0.6) is 0 Å². The molecule has 0 fully saturated rings. The van der Waals surface area contributed by atoms with Crippen molar-refractivity contribution >= 4 is 17.3 Å². The van der Waals surface area contributed by atoms with Gasteiger partial charge < -0.3 is 11.1 Å². The monoisotopic (exact) mass is 290 g/mol. The zero-order valence-electron chi connectivity index (χ0n) is 11.6. The van der Waals surface area contributed by atoms with Gasteiger partial charge in [-0.05, 0) is 35.7 Å². The van der Waals surface area contributed by atoms with Crippen molar-refractivity contribution in [1.29, 1.82) is 0 Å². The highest BCUT2D eigenvalue weighted by Crippen LogP contribution is 2.22. The molecule has 2 aromatic rings. The number of halogens is 2. The second-order valence-electron chi connectivity index (χ2n) is 4.92. The molecule has 21 heavy (non-hydrogen) atoms. The van der Waals surface area contributed by atoms with Gasteiger partial charge in [0.05, 0.1) is 5.69 Å². The maximum Gasteiger partial charge on any atom is 0.225 e. The van der Waals surface area contributed by atoms with Gasteiger partial charge in [0.2, 0.25) is 5.91 Å². The summed E-state index contributed by atoms with van der Waals surface area (Å²) in [6, 6.07) is 10.9. The predicted octanol–water partition coefficient (Wildman–Crippen LogP) is 3.68. The van der Waals surface area contributed by atoms with E-state index in [1.807, 2.05) is 19.1 Å². The van der Waals surface area contributed by atoms with E-state index in [0.717, 1.165) is 11.6 Å². The van der Waals surface area contributed by atoms with Crippen LogP contribution in [0.4, 0.5) is 20.2 Å². The van der Waals surface area contributed by atoms with Crippen molar-refractivity contribution in [2.45, 2.75) is 19.3 Å². The molecule has 0 aliphatic carbocycles. The van der Waals surface area contributed by atoms with Crippen molar-refractivity contribution in [2.24, 2.45) is 0 Å². The lowest BCUT2D eigenvalue weighted by molar-refractivity contribution is -0.116. The quantitative estimate of drug-likeness (QED) is 0.844. The molecule has 1 unspecified atom stereocenters.